The summed E-state index contributed by atoms with van der Waals surface area (Å²) < 4.78 is 0. The molecule has 1 N–H and O–H groups in total. The van der Waals surface area contributed by atoms with Crippen LogP contribution in [-0.4, -0.2) is 22.8 Å². The molecule has 0 saturated carbocycles. The molecule has 2 aliphatic rings. The van der Waals surface area contributed by atoms with Crippen LogP contribution in [0, 0.1) is 0 Å². The molecule has 2 amide bonds. The van der Waals surface area contributed by atoms with Gasteiger partial charge in [0.05, 0.1) is 6.04 Å². The van der Waals surface area contributed by atoms with Crippen LogP contribution in [0.2, 0.25) is 0 Å². The molecule has 0 bridgehead atoms. The molecule has 142 valence electrons. The summed E-state index contributed by atoms with van der Waals surface area (Å²) in [5, 5.41) is 11.0. The van der Waals surface area contributed by atoms with Crippen molar-refractivity contribution in [3.63, 3.8) is 0 Å². The Bertz CT molecular complexity index is 950. The lowest BCUT2D eigenvalue weighted by atomic mass is 9.84. The van der Waals surface area contributed by atoms with Crippen molar-refractivity contribution in [1.29, 1.82) is 0 Å². The second-order valence-corrected chi connectivity index (χ2v) is 7.20. The van der Waals surface area contributed by atoms with Gasteiger partial charge in [-0.2, -0.15) is 5.11 Å². The summed E-state index contributed by atoms with van der Waals surface area (Å²) in [6.07, 6.45) is 7.95. The van der Waals surface area contributed by atoms with Crippen LogP contribution in [0.25, 0.3) is 0 Å². The second kappa shape index (κ2) is 8.25. The lowest BCUT2D eigenvalue weighted by molar-refractivity contribution is -0.115. The summed E-state index contributed by atoms with van der Waals surface area (Å²) in [5.41, 5.74) is 4.58. The maximum Gasteiger partial charge on any atom is 0.291 e. The summed E-state index contributed by atoms with van der Waals surface area (Å²) in [6.45, 7) is 0.437. The molecule has 0 radical (unpaired) electrons. The smallest absolute Gasteiger partial charge is 0.291 e. The quantitative estimate of drug-likeness (QED) is 0.864. The van der Waals surface area contributed by atoms with E-state index in [-0.39, 0.29) is 17.9 Å². The predicted octanol–water partition coefficient (Wildman–Crippen LogP) is 3.79. The summed E-state index contributed by atoms with van der Waals surface area (Å²) >= 11 is 0. The standard InChI is InChI=1S/C22H22N4O2/c27-21(24-14-16-6-4-10-23-13-16)17-7-3-5-15(11-17)12-20-18-8-1-2-9-19(18)22(28)26-25-20/h3-7,10-11,13,20H,1-2,8-9,12,14H2,(H,24,27). The molecule has 1 aliphatic carbocycles. The fraction of sp³-hybridized carbons (Fsp3) is 0.318. The first-order chi connectivity index (χ1) is 13.7. The molecular weight excluding hydrogens is 352 g/mol. The average Bonchev–Trinajstić information content (AvgIpc) is 2.75. The van der Waals surface area contributed by atoms with Gasteiger partial charge >= 0.3 is 0 Å². The highest BCUT2D eigenvalue weighted by molar-refractivity contribution is 5.96. The zero-order valence-corrected chi connectivity index (χ0v) is 15.6. The lowest BCUT2D eigenvalue weighted by Crippen LogP contribution is -2.24. The molecule has 1 aliphatic heterocycles. The summed E-state index contributed by atoms with van der Waals surface area (Å²) in [4.78, 5) is 28.5. The van der Waals surface area contributed by atoms with Crippen molar-refractivity contribution in [3.05, 3.63) is 76.6 Å². The minimum absolute atomic E-state index is 0.0956. The highest BCUT2D eigenvalue weighted by atomic mass is 16.2. The number of rotatable bonds is 5. The predicted molar refractivity (Wildman–Crippen MR) is 105 cm³/mol. The Morgan fingerprint density at radius 1 is 1.11 bits per heavy atom. The van der Waals surface area contributed by atoms with Gasteiger partial charge in [0.1, 0.15) is 0 Å². The maximum absolute atomic E-state index is 12.5. The van der Waals surface area contributed by atoms with Crippen LogP contribution in [0.15, 0.2) is 70.2 Å². The first-order valence-corrected chi connectivity index (χ1v) is 9.64. The van der Waals surface area contributed by atoms with E-state index in [9.17, 15) is 9.59 Å². The number of carbonyl (C=O) groups is 2. The minimum atomic E-state index is -0.172. The number of pyridine rings is 1. The van der Waals surface area contributed by atoms with E-state index in [1.54, 1.807) is 18.5 Å². The van der Waals surface area contributed by atoms with Crippen LogP contribution >= 0.6 is 0 Å². The van der Waals surface area contributed by atoms with Crippen LogP contribution in [0.3, 0.4) is 0 Å². The van der Waals surface area contributed by atoms with E-state index in [0.29, 0.717) is 18.5 Å². The number of nitrogens with zero attached hydrogens (tertiary/aromatic N) is 3. The zero-order valence-electron chi connectivity index (χ0n) is 15.6. The van der Waals surface area contributed by atoms with Crippen molar-refractivity contribution >= 4 is 11.8 Å². The molecule has 6 nitrogen and oxygen atoms in total. The number of amides is 2. The van der Waals surface area contributed by atoms with Crippen molar-refractivity contribution in [3.8, 4) is 0 Å². The summed E-state index contributed by atoms with van der Waals surface area (Å²) in [5.74, 6) is -0.293. The van der Waals surface area contributed by atoms with Crippen LogP contribution in [0.5, 0.6) is 0 Å². The van der Waals surface area contributed by atoms with Gasteiger partial charge in [-0.05, 0) is 60.6 Å². The molecule has 28 heavy (non-hydrogen) atoms. The lowest BCUT2D eigenvalue weighted by Gasteiger charge is -2.25. The zero-order chi connectivity index (χ0) is 19.3. The molecular formula is C22H22N4O2. The highest BCUT2D eigenvalue weighted by Crippen LogP contribution is 2.33. The Labute approximate surface area is 163 Å². The molecule has 2 heterocycles. The van der Waals surface area contributed by atoms with Gasteiger partial charge in [-0.3, -0.25) is 14.6 Å². The third-order valence-corrected chi connectivity index (χ3v) is 5.25. The Morgan fingerprint density at radius 2 is 1.96 bits per heavy atom. The van der Waals surface area contributed by atoms with E-state index in [1.165, 1.54) is 0 Å². The highest BCUT2D eigenvalue weighted by Gasteiger charge is 2.28. The van der Waals surface area contributed by atoms with Crippen molar-refractivity contribution in [2.75, 3.05) is 0 Å². The van der Waals surface area contributed by atoms with E-state index in [2.05, 4.69) is 20.5 Å². The van der Waals surface area contributed by atoms with Crippen LogP contribution < -0.4 is 5.32 Å². The van der Waals surface area contributed by atoms with E-state index >= 15 is 0 Å². The van der Waals surface area contributed by atoms with Gasteiger partial charge in [0.2, 0.25) is 0 Å². The van der Waals surface area contributed by atoms with Crippen molar-refractivity contribution in [1.82, 2.24) is 10.3 Å². The third-order valence-electron chi connectivity index (χ3n) is 5.25. The Kier molecular flexibility index (Phi) is 5.37. The third kappa shape index (κ3) is 4.06. The van der Waals surface area contributed by atoms with Crippen molar-refractivity contribution < 1.29 is 9.59 Å². The molecule has 6 heteroatoms. The number of nitrogens with one attached hydrogen (secondary N) is 1. The minimum Gasteiger partial charge on any atom is -0.348 e. The Balaban J connectivity index is 1.45. The number of aromatic nitrogens is 1. The Morgan fingerprint density at radius 3 is 2.82 bits per heavy atom. The monoisotopic (exact) mass is 374 g/mol. The van der Waals surface area contributed by atoms with Crippen molar-refractivity contribution in [2.45, 2.75) is 44.7 Å². The summed E-state index contributed by atoms with van der Waals surface area (Å²) in [6, 6.07) is 11.3. The fourth-order valence-electron chi connectivity index (χ4n) is 3.81. The SMILES string of the molecule is O=C1N=NC(Cc2cccc(C(=O)NCc3cccnc3)c2)C2=C1CCCC2. The Hall–Kier alpha value is -3.15. The molecule has 0 spiro atoms. The molecule has 1 atom stereocenters. The number of hydrogen-bond donors (Lipinski definition) is 1. The van der Waals surface area contributed by atoms with Gasteiger partial charge in [-0.1, -0.05) is 18.2 Å². The molecule has 4 rings (SSSR count). The van der Waals surface area contributed by atoms with E-state index < -0.39 is 0 Å². The van der Waals surface area contributed by atoms with Gasteiger partial charge in [-0.25, -0.2) is 0 Å². The number of azo groups is 1. The first-order valence-electron chi connectivity index (χ1n) is 9.64. The van der Waals surface area contributed by atoms with E-state index in [0.717, 1.165) is 48.0 Å². The second-order valence-electron chi connectivity index (χ2n) is 7.20. The normalized spacial score (nSPS) is 18.7. The van der Waals surface area contributed by atoms with Crippen LogP contribution in [0.4, 0.5) is 0 Å². The average molecular weight is 374 g/mol. The molecule has 1 aromatic heterocycles. The van der Waals surface area contributed by atoms with Crippen LogP contribution in [-0.2, 0) is 17.8 Å². The van der Waals surface area contributed by atoms with Gasteiger partial charge in [0.15, 0.2) is 0 Å². The van der Waals surface area contributed by atoms with Crippen LogP contribution in [0.1, 0.15) is 47.2 Å². The van der Waals surface area contributed by atoms with E-state index in [1.807, 2.05) is 30.3 Å². The van der Waals surface area contributed by atoms with Gasteiger partial charge in [0, 0.05) is 36.5 Å². The van der Waals surface area contributed by atoms with Gasteiger partial charge in [-0.15, -0.1) is 5.11 Å². The van der Waals surface area contributed by atoms with Gasteiger partial charge < -0.3 is 5.32 Å². The largest absolute Gasteiger partial charge is 0.348 e. The van der Waals surface area contributed by atoms with E-state index in [4.69, 9.17) is 0 Å². The number of benzene rings is 1. The molecule has 0 fully saturated rings. The van der Waals surface area contributed by atoms with Gasteiger partial charge in [0.25, 0.3) is 11.8 Å². The molecule has 2 aromatic rings. The maximum atomic E-state index is 12.5. The molecule has 1 aromatic carbocycles. The topological polar surface area (TPSA) is 83.8 Å². The molecule has 0 saturated heterocycles. The van der Waals surface area contributed by atoms with Crippen molar-refractivity contribution in [2.24, 2.45) is 10.2 Å². The first kappa shape index (κ1) is 18.2. The fourth-order valence-corrected chi connectivity index (χ4v) is 3.81. The summed E-state index contributed by atoms with van der Waals surface area (Å²) in [7, 11) is 0. The molecule has 1 unspecified atom stereocenters. The number of carbonyl (C=O) groups excluding carboxylic acids is 2. The number of hydrogen-bond acceptors (Lipinski definition) is 4.